The van der Waals surface area contributed by atoms with Gasteiger partial charge in [0.1, 0.15) is 0 Å². The van der Waals surface area contributed by atoms with Crippen molar-refractivity contribution in [1.82, 2.24) is 19.8 Å². The standard InChI is InChI=1S/C13H16BrF2N3O3.C13H18BrF2N3O.Fe/c14-10-6-11(19(20)21)12(17-7-10)22-9-13(15,16)8-18-4-2-1-3-5-18;14-10-6-11(17)12(18-7-10)20-9-13(15,16)8-19-4-2-1-3-5-19;/h6-7H,1-5,8-9H2;6-7H,1-5,8-9,17H2;. The molecule has 43 heavy (non-hydrogen) atoms. The van der Waals surface area contributed by atoms with Crippen LogP contribution in [-0.4, -0.2) is 89.0 Å². The Kier molecular flexibility index (Phi) is 15.3. The van der Waals surface area contributed by atoms with E-state index >= 15 is 0 Å². The van der Waals surface area contributed by atoms with Crippen LogP contribution in [0.2, 0.25) is 0 Å². The molecule has 2 saturated heterocycles. The molecule has 2 aliphatic heterocycles. The third kappa shape index (κ3) is 13.4. The number of aromatic nitrogens is 2. The maximum Gasteiger partial charge on any atom is 0.332 e. The quantitative estimate of drug-likeness (QED) is 0.123. The predicted molar refractivity (Wildman–Crippen MR) is 156 cm³/mol. The first-order valence-corrected chi connectivity index (χ1v) is 15.1. The van der Waals surface area contributed by atoms with E-state index in [2.05, 4.69) is 41.8 Å². The molecule has 4 rings (SSSR count). The van der Waals surface area contributed by atoms with E-state index in [-0.39, 0.29) is 35.2 Å². The topological polar surface area (TPSA) is 120 Å². The van der Waals surface area contributed by atoms with Gasteiger partial charge in [0.15, 0.2) is 13.2 Å². The van der Waals surface area contributed by atoms with Crippen LogP contribution in [0.3, 0.4) is 0 Å². The molecule has 2 N–H and O–H groups in total. The molecule has 0 amide bonds. The van der Waals surface area contributed by atoms with E-state index in [4.69, 9.17) is 15.2 Å². The van der Waals surface area contributed by atoms with E-state index in [1.807, 2.05) is 0 Å². The van der Waals surface area contributed by atoms with Gasteiger partial charge in [-0.1, -0.05) is 12.8 Å². The second kappa shape index (κ2) is 17.6. The summed E-state index contributed by atoms with van der Waals surface area (Å²) in [7, 11) is 0. The number of alkyl halides is 4. The minimum absolute atomic E-state index is 0. The number of rotatable bonds is 11. The number of ether oxygens (including phenoxy) is 2. The van der Waals surface area contributed by atoms with Gasteiger partial charge < -0.3 is 15.2 Å². The van der Waals surface area contributed by atoms with E-state index in [9.17, 15) is 27.7 Å². The first kappa shape index (κ1) is 37.4. The fourth-order valence-electron chi connectivity index (χ4n) is 4.55. The number of halogens is 6. The van der Waals surface area contributed by atoms with Gasteiger partial charge >= 0.3 is 5.69 Å². The third-order valence-corrected chi connectivity index (χ3v) is 7.36. The summed E-state index contributed by atoms with van der Waals surface area (Å²) in [5.74, 6) is -6.34. The van der Waals surface area contributed by atoms with Crippen LogP contribution in [0.1, 0.15) is 38.5 Å². The van der Waals surface area contributed by atoms with Crippen molar-refractivity contribution in [3.05, 3.63) is 43.6 Å². The summed E-state index contributed by atoms with van der Waals surface area (Å²) >= 11 is 6.24. The van der Waals surface area contributed by atoms with Gasteiger partial charge in [-0.2, -0.15) is 0 Å². The zero-order valence-electron chi connectivity index (χ0n) is 23.3. The van der Waals surface area contributed by atoms with E-state index in [0.29, 0.717) is 22.0 Å². The first-order chi connectivity index (χ1) is 19.8. The molecule has 10 nitrogen and oxygen atoms in total. The van der Waals surface area contributed by atoms with Gasteiger partial charge in [0.25, 0.3) is 17.7 Å². The zero-order valence-corrected chi connectivity index (χ0v) is 27.6. The van der Waals surface area contributed by atoms with Crippen molar-refractivity contribution < 1.29 is 49.0 Å². The Labute approximate surface area is 274 Å². The molecule has 242 valence electrons. The van der Waals surface area contributed by atoms with Crippen LogP contribution in [0, 0.1) is 10.1 Å². The Morgan fingerprint density at radius 2 is 1.23 bits per heavy atom. The summed E-state index contributed by atoms with van der Waals surface area (Å²) in [6.07, 6.45) is 8.72. The maximum absolute atomic E-state index is 13.9. The number of nitrogens with zero attached hydrogens (tertiary/aromatic N) is 5. The Morgan fingerprint density at radius 3 is 1.67 bits per heavy atom. The smallest absolute Gasteiger partial charge is 0.332 e. The summed E-state index contributed by atoms with van der Waals surface area (Å²) in [6, 6.07) is 2.75. The number of hydrogen-bond donors (Lipinski definition) is 1. The number of likely N-dealkylation sites (tertiary alicyclic amines) is 2. The monoisotopic (exact) mass is 784 g/mol. The molecule has 2 fully saturated rings. The number of nitrogens with two attached hydrogens (primary N) is 1. The average Bonchev–Trinajstić information content (AvgIpc) is 2.93. The number of pyridine rings is 2. The van der Waals surface area contributed by atoms with Crippen molar-refractivity contribution in [1.29, 1.82) is 0 Å². The maximum atomic E-state index is 13.9. The van der Waals surface area contributed by atoms with Gasteiger partial charge in [0, 0.05) is 44.5 Å². The molecular weight excluding hydrogens is 752 g/mol. The fraction of sp³-hybridized carbons (Fsp3) is 0.615. The molecule has 2 aromatic rings. The van der Waals surface area contributed by atoms with Crippen molar-refractivity contribution in [3.8, 4) is 11.8 Å². The van der Waals surface area contributed by atoms with Gasteiger partial charge in [0.2, 0.25) is 5.88 Å². The van der Waals surface area contributed by atoms with Crippen LogP contribution in [0.15, 0.2) is 33.5 Å². The molecule has 0 bridgehead atoms. The molecule has 2 aliphatic rings. The van der Waals surface area contributed by atoms with Gasteiger partial charge in [-0.3, -0.25) is 19.9 Å². The summed E-state index contributed by atoms with van der Waals surface area (Å²) in [4.78, 5) is 21.2. The molecule has 2 aromatic heterocycles. The van der Waals surface area contributed by atoms with E-state index in [1.54, 1.807) is 15.9 Å². The molecule has 17 heteroatoms. The van der Waals surface area contributed by atoms with Crippen molar-refractivity contribution in [2.45, 2.75) is 50.4 Å². The molecular formula is C26H34Br2F4FeN6O4. The molecule has 4 heterocycles. The minimum Gasteiger partial charge on any atom is -0.470 e. The minimum atomic E-state index is -3.08. The number of hydrogen-bond acceptors (Lipinski definition) is 9. The normalized spacial score (nSPS) is 16.4. The predicted octanol–water partition coefficient (Wildman–Crippen LogP) is 6.18. The number of piperidine rings is 2. The van der Waals surface area contributed by atoms with Gasteiger partial charge in [-0.25, -0.2) is 27.5 Å². The van der Waals surface area contributed by atoms with Crippen LogP contribution in [0.5, 0.6) is 11.8 Å². The van der Waals surface area contributed by atoms with Gasteiger partial charge in [0.05, 0.1) is 23.7 Å². The Bertz CT molecular complexity index is 1180. The van der Waals surface area contributed by atoms with Crippen LogP contribution in [-0.2, 0) is 17.1 Å². The third-order valence-electron chi connectivity index (χ3n) is 6.49. The molecule has 0 aromatic carbocycles. The van der Waals surface area contributed by atoms with Crippen molar-refractivity contribution >= 4 is 43.2 Å². The summed E-state index contributed by atoms with van der Waals surface area (Å²) in [5.41, 5.74) is 5.46. The molecule has 0 atom stereocenters. The summed E-state index contributed by atoms with van der Waals surface area (Å²) in [6.45, 7) is 0.434. The fourth-order valence-corrected chi connectivity index (χ4v) is 5.22. The van der Waals surface area contributed by atoms with Crippen LogP contribution in [0.4, 0.5) is 28.9 Å². The van der Waals surface area contributed by atoms with Crippen LogP contribution < -0.4 is 15.2 Å². The number of nitrogen functional groups attached to an aromatic ring is 1. The number of nitro groups is 1. The largest absolute Gasteiger partial charge is 0.470 e. The Hall–Kier alpha value is -1.78. The Morgan fingerprint density at radius 1 is 0.814 bits per heavy atom. The van der Waals surface area contributed by atoms with Crippen molar-refractivity contribution in [2.75, 3.05) is 58.2 Å². The van der Waals surface area contributed by atoms with E-state index < -0.39 is 48.1 Å². The SMILES string of the molecule is Nc1cc(Br)cnc1OCC(F)(F)CN1CCCCC1.O=[N+]([O-])c1cc(Br)cnc1OCC(F)(F)CN1CCCCC1.[Fe]. The van der Waals surface area contributed by atoms with Crippen LogP contribution >= 0.6 is 31.9 Å². The first-order valence-electron chi connectivity index (χ1n) is 13.5. The second-order valence-corrected chi connectivity index (χ2v) is 12.1. The molecule has 0 spiro atoms. The molecule has 0 saturated carbocycles. The molecule has 0 aliphatic carbocycles. The van der Waals surface area contributed by atoms with Crippen molar-refractivity contribution in [3.63, 3.8) is 0 Å². The average molecular weight is 786 g/mol. The van der Waals surface area contributed by atoms with Gasteiger partial charge in [-0.15, -0.1) is 0 Å². The van der Waals surface area contributed by atoms with E-state index in [0.717, 1.165) is 51.6 Å². The Balaban J connectivity index is 0.000000295. The molecule has 0 unspecified atom stereocenters. The second-order valence-electron chi connectivity index (χ2n) is 10.2. The summed E-state index contributed by atoms with van der Waals surface area (Å²) < 4.78 is 66.6. The molecule has 0 radical (unpaired) electrons. The zero-order chi connectivity index (χ0) is 30.8. The van der Waals surface area contributed by atoms with Crippen LogP contribution in [0.25, 0.3) is 0 Å². The van der Waals surface area contributed by atoms with Crippen molar-refractivity contribution in [2.24, 2.45) is 0 Å². The summed E-state index contributed by atoms with van der Waals surface area (Å²) in [5, 5.41) is 10.9. The van der Waals surface area contributed by atoms with Gasteiger partial charge in [-0.05, 0) is 89.8 Å². The number of anilines is 1. The van der Waals surface area contributed by atoms with E-state index in [1.165, 1.54) is 18.5 Å².